The molecule has 0 aliphatic carbocycles. The highest BCUT2D eigenvalue weighted by Crippen LogP contribution is 2.09. The maximum Gasteiger partial charge on any atom is 0.360 e. The SMILES string of the molecule is CCOCCCn1nnc(C(=O)OC)c1COC. The van der Waals surface area contributed by atoms with Gasteiger partial charge in [0.1, 0.15) is 0 Å². The molecule has 0 saturated carbocycles. The first-order chi connectivity index (χ1) is 8.74. The predicted molar refractivity (Wildman–Crippen MR) is 63.2 cm³/mol. The van der Waals surface area contributed by atoms with Crippen molar-refractivity contribution >= 4 is 5.97 Å². The van der Waals surface area contributed by atoms with Gasteiger partial charge in [-0.2, -0.15) is 0 Å². The van der Waals surface area contributed by atoms with Gasteiger partial charge in [0.2, 0.25) is 0 Å². The largest absolute Gasteiger partial charge is 0.464 e. The standard InChI is InChI=1S/C11H19N3O4/c1-4-18-7-5-6-14-9(8-16-2)10(12-13-14)11(15)17-3/h4-8H2,1-3H3. The van der Waals surface area contributed by atoms with Gasteiger partial charge < -0.3 is 14.2 Å². The van der Waals surface area contributed by atoms with Crippen molar-refractivity contribution in [3.63, 3.8) is 0 Å². The molecule has 0 aromatic carbocycles. The minimum absolute atomic E-state index is 0.204. The second-order valence-corrected chi connectivity index (χ2v) is 3.58. The van der Waals surface area contributed by atoms with Gasteiger partial charge in [0.25, 0.3) is 0 Å². The first kappa shape index (κ1) is 14.6. The average molecular weight is 257 g/mol. The fraction of sp³-hybridized carbons (Fsp3) is 0.727. The van der Waals surface area contributed by atoms with Gasteiger partial charge in [-0.1, -0.05) is 5.21 Å². The van der Waals surface area contributed by atoms with Crippen molar-refractivity contribution in [2.45, 2.75) is 26.5 Å². The molecule has 0 bridgehead atoms. The zero-order valence-electron chi connectivity index (χ0n) is 11.0. The highest BCUT2D eigenvalue weighted by molar-refractivity contribution is 5.88. The van der Waals surface area contributed by atoms with E-state index in [0.29, 0.717) is 25.5 Å². The smallest absolute Gasteiger partial charge is 0.360 e. The van der Waals surface area contributed by atoms with Gasteiger partial charge in [-0.05, 0) is 13.3 Å². The number of carbonyl (C=O) groups excluding carboxylic acids is 1. The number of aromatic nitrogens is 3. The van der Waals surface area contributed by atoms with Crippen molar-refractivity contribution in [2.75, 3.05) is 27.4 Å². The lowest BCUT2D eigenvalue weighted by Gasteiger charge is -2.06. The number of rotatable bonds is 8. The molecule has 0 radical (unpaired) electrons. The Labute approximate surface area is 106 Å². The quantitative estimate of drug-likeness (QED) is 0.502. The third-order valence-electron chi connectivity index (χ3n) is 2.36. The molecule has 1 rings (SSSR count). The number of methoxy groups -OCH3 is 2. The van der Waals surface area contributed by atoms with E-state index in [0.717, 1.165) is 6.42 Å². The Balaban J connectivity index is 2.71. The van der Waals surface area contributed by atoms with E-state index in [1.54, 1.807) is 11.8 Å². The van der Waals surface area contributed by atoms with Crippen molar-refractivity contribution in [1.82, 2.24) is 15.0 Å². The maximum absolute atomic E-state index is 11.5. The van der Waals surface area contributed by atoms with Gasteiger partial charge in [-0.25, -0.2) is 9.48 Å². The van der Waals surface area contributed by atoms with E-state index in [9.17, 15) is 4.79 Å². The monoisotopic (exact) mass is 257 g/mol. The number of carbonyl (C=O) groups is 1. The molecule has 1 aromatic heterocycles. The summed E-state index contributed by atoms with van der Waals surface area (Å²) in [5, 5.41) is 7.75. The first-order valence-electron chi connectivity index (χ1n) is 5.81. The second-order valence-electron chi connectivity index (χ2n) is 3.58. The minimum Gasteiger partial charge on any atom is -0.464 e. The van der Waals surface area contributed by atoms with Crippen LogP contribution in [0.15, 0.2) is 0 Å². The predicted octanol–water partition coefficient (Wildman–Crippen LogP) is 0.638. The fourth-order valence-electron chi connectivity index (χ4n) is 1.51. The number of nitrogens with zero attached hydrogens (tertiary/aromatic N) is 3. The number of hydrogen-bond acceptors (Lipinski definition) is 6. The van der Waals surface area contributed by atoms with E-state index in [4.69, 9.17) is 9.47 Å². The van der Waals surface area contributed by atoms with E-state index >= 15 is 0 Å². The highest BCUT2D eigenvalue weighted by atomic mass is 16.5. The van der Waals surface area contributed by atoms with Crippen LogP contribution >= 0.6 is 0 Å². The molecule has 0 atom stereocenters. The van der Waals surface area contributed by atoms with Crippen molar-refractivity contribution in [3.8, 4) is 0 Å². The molecule has 1 aromatic rings. The summed E-state index contributed by atoms with van der Waals surface area (Å²) in [5.74, 6) is -0.502. The highest BCUT2D eigenvalue weighted by Gasteiger charge is 2.19. The summed E-state index contributed by atoms with van der Waals surface area (Å²) in [4.78, 5) is 11.5. The van der Waals surface area contributed by atoms with Gasteiger partial charge >= 0.3 is 5.97 Å². The molecule has 0 saturated heterocycles. The summed E-state index contributed by atoms with van der Waals surface area (Å²) in [6.45, 7) is 4.18. The van der Waals surface area contributed by atoms with Crippen LogP contribution in [0.1, 0.15) is 29.5 Å². The van der Waals surface area contributed by atoms with Gasteiger partial charge in [-0.15, -0.1) is 5.10 Å². The summed E-state index contributed by atoms with van der Waals surface area (Å²) in [6, 6.07) is 0. The Morgan fingerprint density at radius 1 is 1.39 bits per heavy atom. The van der Waals surface area contributed by atoms with E-state index in [-0.39, 0.29) is 12.3 Å². The Hall–Kier alpha value is -1.47. The van der Waals surface area contributed by atoms with E-state index in [1.165, 1.54) is 7.11 Å². The number of hydrogen-bond donors (Lipinski definition) is 0. The van der Waals surface area contributed by atoms with Gasteiger partial charge in [-0.3, -0.25) is 0 Å². The zero-order valence-corrected chi connectivity index (χ0v) is 11.0. The van der Waals surface area contributed by atoms with Crippen molar-refractivity contribution in [2.24, 2.45) is 0 Å². The normalized spacial score (nSPS) is 10.6. The molecular weight excluding hydrogens is 238 g/mol. The average Bonchev–Trinajstić information content (AvgIpc) is 2.77. The molecule has 0 N–H and O–H groups in total. The van der Waals surface area contributed by atoms with Crippen LogP contribution in [0.25, 0.3) is 0 Å². The van der Waals surface area contributed by atoms with Crippen LogP contribution in [0.4, 0.5) is 0 Å². The minimum atomic E-state index is -0.502. The molecular formula is C11H19N3O4. The second kappa shape index (κ2) is 7.78. The summed E-state index contributed by atoms with van der Waals surface area (Å²) >= 11 is 0. The summed E-state index contributed by atoms with van der Waals surface area (Å²) in [6.07, 6.45) is 0.800. The van der Waals surface area contributed by atoms with Crippen molar-refractivity contribution < 1.29 is 19.0 Å². The maximum atomic E-state index is 11.5. The van der Waals surface area contributed by atoms with Crippen LogP contribution in [-0.2, 0) is 27.4 Å². The third-order valence-corrected chi connectivity index (χ3v) is 2.36. The molecule has 7 nitrogen and oxygen atoms in total. The molecule has 0 fully saturated rings. The summed E-state index contributed by atoms with van der Waals surface area (Å²) in [5.41, 5.74) is 0.830. The number of esters is 1. The number of ether oxygens (including phenoxy) is 3. The fourth-order valence-corrected chi connectivity index (χ4v) is 1.51. The Morgan fingerprint density at radius 3 is 2.78 bits per heavy atom. The van der Waals surface area contributed by atoms with E-state index in [2.05, 4.69) is 15.0 Å². The van der Waals surface area contributed by atoms with Crippen LogP contribution in [-0.4, -0.2) is 48.4 Å². The third kappa shape index (κ3) is 3.78. The molecule has 0 amide bonds. The Morgan fingerprint density at radius 2 is 2.17 bits per heavy atom. The summed E-state index contributed by atoms with van der Waals surface area (Å²) < 4.78 is 16.6. The van der Waals surface area contributed by atoms with Gasteiger partial charge in [0.05, 0.1) is 19.4 Å². The van der Waals surface area contributed by atoms with E-state index in [1.807, 2.05) is 6.92 Å². The zero-order chi connectivity index (χ0) is 13.4. The molecule has 18 heavy (non-hydrogen) atoms. The van der Waals surface area contributed by atoms with Crippen LogP contribution in [0, 0.1) is 0 Å². The van der Waals surface area contributed by atoms with Crippen molar-refractivity contribution in [1.29, 1.82) is 0 Å². The Bertz CT molecular complexity index is 378. The lowest BCUT2D eigenvalue weighted by atomic mass is 10.3. The lowest BCUT2D eigenvalue weighted by molar-refractivity contribution is 0.0588. The van der Waals surface area contributed by atoms with Gasteiger partial charge in [0, 0.05) is 26.9 Å². The molecule has 0 aliphatic heterocycles. The Kier molecular flexibility index (Phi) is 6.31. The lowest BCUT2D eigenvalue weighted by Crippen LogP contribution is -2.12. The van der Waals surface area contributed by atoms with Crippen molar-refractivity contribution in [3.05, 3.63) is 11.4 Å². The summed E-state index contributed by atoms with van der Waals surface area (Å²) in [7, 11) is 2.87. The molecule has 0 aliphatic rings. The molecule has 0 unspecified atom stereocenters. The molecule has 7 heteroatoms. The van der Waals surface area contributed by atoms with Crippen LogP contribution in [0.5, 0.6) is 0 Å². The molecule has 0 spiro atoms. The van der Waals surface area contributed by atoms with E-state index < -0.39 is 5.97 Å². The number of aryl methyl sites for hydroxylation is 1. The molecule has 102 valence electrons. The van der Waals surface area contributed by atoms with Gasteiger partial charge in [0.15, 0.2) is 5.69 Å². The van der Waals surface area contributed by atoms with Crippen LogP contribution < -0.4 is 0 Å². The topological polar surface area (TPSA) is 75.5 Å². The van der Waals surface area contributed by atoms with Crippen LogP contribution in [0.2, 0.25) is 0 Å². The van der Waals surface area contributed by atoms with Crippen LogP contribution in [0.3, 0.4) is 0 Å². The first-order valence-corrected chi connectivity index (χ1v) is 5.81. The molecule has 1 heterocycles.